The van der Waals surface area contributed by atoms with Crippen molar-refractivity contribution in [3.63, 3.8) is 0 Å². The third-order valence-corrected chi connectivity index (χ3v) is 5.01. The summed E-state index contributed by atoms with van der Waals surface area (Å²) in [7, 11) is 0. The SMILES string of the molecule is CCC(NC(=O)C1(C)COCC1N)C1CCCCC1. The maximum atomic E-state index is 12.5. The van der Waals surface area contributed by atoms with E-state index in [1.54, 1.807) is 0 Å². The van der Waals surface area contributed by atoms with Gasteiger partial charge in [0, 0.05) is 12.1 Å². The van der Waals surface area contributed by atoms with Crippen LogP contribution in [0.1, 0.15) is 52.4 Å². The Morgan fingerprint density at radius 2 is 2.11 bits per heavy atom. The number of rotatable bonds is 4. The summed E-state index contributed by atoms with van der Waals surface area (Å²) in [5, 5.41) is 3.25. The minimum atomic E-state index is -0.553. The minimum Gasteiger partial charge on any atom is -0.379 e. The Bertz CT molecular complexity index is 315. The Kier molecular flexibility index (Phi) is 4.85. The van der Waals surface area contributed by atoms with Crippen molar-refractivity contribution >= 4 is 5.91 Å². The van der Waals surface area contributed by atoms with Crippen LogP contribution in [0, 0.1) is 11.3 Å². The van der Waals surface area contributed by atoms with Gasteiger partial charge in [-0.05, 0) is 32.1 Å². The fourth-order valence-electron chi connectivity index (χ4n) is 3.35. The summed E-state index contributed by atoms with van der Waals surface area (Å²) in [5.41, 5.74) is 5.47. The van der Waals surface area contributed by atoms with Crippen LogP contribution in [0.3, 0.4) is 0 Å². The second kappa shape index (κ2) is 6.23. The van der Waals surface area contributed by atoms with Crippen LogP contribution in [0.25, 0.3) is 0 Å². The normalized spacial score (nSPS) is 34.2. The van der Waals surface area contributed by atoms with Crippen molar-refractivity contribution in [2.75, 3.05) is 13.2 Å². The van der Waals surface area contributed by atoms with E-state index in [1.165, 1.54) is 32.1 Å². The van der Waals surface area contributed by atoms with Crippen LogP contribution < -0.4 is 11.1 Å². The lowest BCUT2D eigenvalue weighted by atomic mass is 9.80. The molecule has 0 bridgehead atoms. The lowest BCUT2D eigenvalue weighted by Crippen LogP contribution is -2.53. The van der Waals surface area contributed by atoms with E-state index in [4.69, 9.17) is 10.5 Å². The highest BCUT2D eigenvalue weighted by atomic mass is 16.5. The monoisotopic (exact) mass is 268 g/mol. The van der Waals surface area contributed by atoms with E-state index in [9.17, 15) is 4.79 Å². The van der Waals surface area contributed by atoms with Crippen molar-refractivity contribution < 1.29 is 9.53 Å². The van der Waals surface area contributed by atoms with Gasteiger partial charge in [0.2, 0.25) is 5.91 Å². The van der Waals surface area contributed by atoms with Gasteiger partial charge < -0.3 is 15.8 Å². The third kappa shape index (κ3) is 3.11. The predicted octanol–water partition coefficient (Wildman–Crippen LogP) is 1.83. The molecule has 0 aromatic carbocycles. The number of ether oxygens (including phenoxy) is 1. The van der Waals surface area contributed by atoms with Crippen LogP contribution in [0.5, 0.6) is 0 Å². The molecule has 1 saturated carbocycles. The zero-order valence-corrected chi connectivity index (χ0v) is 12.3. The highest BCUT2D eigenvalue weighted by Crippen LogP contribution is 2.31. The first-order valence-corrected chi connectivity index (χ1v) is 7.72. The Labute approximate surface area is 116 Å². The Hall–Kier alpha value is -0.610. The topological polar surface area (TPSA) is 64.3 Å². The average Bonchev–Trinajstić information content (AvgIpc) is 2.78. The maximum Gasteiger partial charge on any atom is 0.230 e. The fraction of sp³-hybridized carbons (Fsp3) is 0.933. The molecule has 19 heavy (non-hydrogen) atoms. The number of nitrogens with two attached hydrogens (primary N) is 1. The summed E-state index contributed by atoms with van der Waals surface area (Å²) in [6, 6.07) is 0.119. The average molecular weight is 268 g/mol. The molecule has 2 rings (SSSR count). The molecule has 1 aliphatic heterocycles. The van der Waals surface area contributed by atoms with E-state index >= 15 is 0 Å². The number of nitrogens with one attached hydrogen (secondary N) is 1. The zero-order valence-electron chi connectivity index (χ0n) is 12.3. The van der Waals surface area contributed by atoms with Gasteiger partial charge in [-0.2, -0.15) is 0 Å². The molecular weight excluding hydrogens is 240 g/mol. The summed E-state index contributed by atoms with van der Waals surface area (Å²) in [4.78, 5) is 12.5. The van der Waals surface area contributed by atoms with E-state index in [0.717, 1.165) is 6.42 Å². The molecule has 0 aromatic rings. The van der Waals surface area contributed by atoms with Crippen LogP contribution in [-0.4, -0.2) is 31.2 Å². The molecule has 3 atom stereocenters. The first kappa shape index (κ1) is 14.8. The number of hydrogen-bond acceptors (Lipinski definition) is 3. The first-order valence-electron chi connectivity index (χ1n) is 7.72. The van der Waals surface area contributed by atoms with Crippen molar-refractivity contribution in [2.24, 2.45) is 17.1 Å². The van der Waals surface area contributed by atoms with Crippen molar-refractivity contribution in [3.05, 3.63) is 0 Å². The summed E-state index contributed by atoms with van der Waals surface area (Å²) in [5.74, 6) is 0.722. The molecular formula is C15H28N2O2. The molecule has 1 amide bonds. The van der Waals surface area contributed by atoms with Crippen molar-refractivity contribution in [2.45, 2.75) is 64.5 Å². The lowest BCUT2D eigenvalue weighted by Gasteiger charge is -2.34. The van der Waals surface area contributed by atoms with Gasteiger partial charge in [0.05, 0.1) is 18.6 Å². The smallest absolute Gasteiger partial charge is 0.230 e. The zero-order chi connectivity index (χ0) is 13.9. The van der Waals surface area contributed by atoms with E-state index < -0.39 is 5.41 Å². The molecule has 2 aliphatic rings. The van der Waals surface area contributed by atoms with Gasteiger partial charge >= 0.3 is 0 Å². The third-order valence-electron chi connectivity index (χ3n) is 5.01. The number of carbonyl (C=O) groups is 1. The lowest BCUT2D eigenvalue weighted by molar-refractivity contribution is -0.132. The molecule has 1 saturated heterocycles. The Morgan fingerprint density at radius 3 is 2.63 bits per heavy atom. The van der Waals surface area contributed by atoms with Crippen LogP contribution >= 0.6 is 0 Å². The van der Waals surface area contributed by atoms with E-state index in [1.807, 2.05) is 6.92 Å². The van der Waals surface area contributed by atoms with Crippen LogP contribution in [0.15, 0.2) is 0 Å². The Morgan fingerprint density at radius 1 is 1.42 bits per heavy atom. The minimum absolute atomic E-state index is 0.0786. The molecule has 4 heteroatoms. The molecule has 4 nitrogen and oxygen atoms in total. The highest BCUT2D eigenvalue weighted by Gasteiger charge is 2.45. The predicted molar refractivity (Wildman–Crippen MR) is 75.7 cm³/mol. The van der Waals surface area contributed by atoms with Gasteiger partial charge in [-0.25, -0.2) is 0 Å². The highest BCUT2D eigenvalue weighted by molar-refractivity contribution is 5.83. The molecule has 3 N–H and O–H groups in total. The first-order chi connectivity index (χ1) is 9.08. The summed E-state index contributed by atoms with van der Waals surface area (Å²) in [6.45, 7) is 5.02. The quantitative estimate of drug-likeness (QED) is 0.817. The van der Waals surface area contributed by atoms with Gasteiger partial charge in [-0.1, -0.05) is 26.2 Å². The molecule has 3 unspecified atom stereocenters. The maximum absolute atomic E-state index is 12.5. The fourth-order valence-corrected chi connectivity index (χ4v) is 3.35. The number of amides is 1. The van der Waals surface area contributed by atoms with Gasteiger partial charge in [0.15, 0.2) is 0 Å². The molecule has 0 radical (unpaired) electrons. The Balaban J connectivity index is 1.95. The van der Waals surface area contributed by atoms with Crippen molar-refractivity contribution in [1.29, 1.82) is 0 Å². The van der Waals surface area contributed by atoms with Gasteiger partial charge in [0.25, 0.3) is 0 Å². The van der Waals surface area contributed by atoms with Crippen LogP contribution in [0.2, 0.25) is 0 Å². The van der Waals surface area contributed by atoms with Crippen LogP contribution in [-0.2, 0) is 9.53 Å². The van der Waals surface area contributed by atoms with Crippen molar-refractivity contribution in [1.82, 2.24) is 5.32 Å². The van der Waals surface area contributed by atoms with E-state index in [0.29, 0.717) is 25.2 Å². The number of carbonyl (C=O) groups excluding carboxylic acids is 1. The van der Waals surface area contributed by atoms with Gasteiger partial charge in [-0.3, -0.25) is 4.79 Å². The van der Waals surface area contributed by atoms with Crippen molar-refractivity contribution in [3.8, 4) is 0 Å². The molecule has 1 aliphatic carbocycles. The van der Waals surface area contributed by atoms with Gasteiger partial charge in [-0.15, -0.1) is 0 Å². The standard InChI is InChI=1S/C15H28N2O2/c1-3-12(11-7-5-4-6-8-11)17-14(18)15(2)10-19-9-13(15)16/h11-13H,3-10,16H2,1-2H3,(H,17,18). The second-order valence-electron chi connectivity index (χ2n) is 6.43. The summed E-state index contributed by atoms with van der Waals surface area (Å²) < 4.78 is 5.37. The summed E-state index contributed by atoms with van der Waals surface area (Å²) >= 11 is 0. The van der Waals surface area contributed by atoms with Crippen LogP contribution in [0.4, 0.5) is 0 Å². The second-order valence-corrected chi connectivity index (χ2v) is 6.43. The number of hydrogen-bond donors (Lipinski definition) is 2. The molecule has 1 heterocycles. The largest absolute Gasteiger partial charge is 0.379 e. The molecule has 0 spiro atoms. The summed E-state index contributed by atoms with van der Waals surface area (Å²) in [6.07, 6.45) is 7.45. The van der Waals surface area contributed by atoms with E-state index in [2.05, 4.69) is 12.2 Å². The molecule has 0 aromatic heterocycles. The molecule has 110 valence electrons. The molecule has 2 fully saturated rings. The van der Waals surface area contributed by atoms with Gasteiger partial charge in [0.1, 0.15) is 0 Å². The van der Waals surface area contributed by atoms with E-state index in [-0.39, 0.29) is 11.9 Å².